The van der Waals surface area contributed by atoms with Crippen molar-refractivity contribution in [2.45, 2.75) is 65.2 Å². The van der Waals surface area contributed by atoms with Crippen LogP contribution < -0.4 is 0 Å². The molecule has 2 heterocycles. The van der Waals surface area contributed by atoms with Gasteiger partial charge in [-0.1, -0.05) is 59.7 Å². The second kappa shape index (κ2) is 13.9. The molecular formula is C29H36Cl2NO2Zr-. The molecule has 0 atom stereocenters. The Labute approximate surface area is 229 Å². The zero-order chi connectivity index (χ0) is 26.1. The SMILES string of the molecule is C1CCOC1.CC(C)(C)c1cc(-c2cccc(-c3[c-]cccc3)n2)c(O)c(C(C)(C)C)c1.[Cl][Zr][Cl]. The number of pyridine rings is 1. The summed E-state index contributed by atoms with van der Waals surface area (Å²) in [5.74, 6) is 0.317. The van der Waals surface area contributed by atoms with Crippen LogP contribution in [0.4, 0.5) is 0 Å². The molecule has 0 radical (unpaired) electrons. The van der Waals surface area contributed by atoms with E-state index in [4.69, 9.17) is 26.7 Å². The van der Waals surface area contributed by atoms with Crippen LogP contribution in [-0.4, -0.2) is 23.3 Å². The van der Waals surface area contributed by atoms with Crippen molar-refractivity contribution in [2.24, 2.45) is 0 Å². The zero-order valence-corrected chi connectivity index (χ0v) is 25.6. The van der Waals surface area contributed by atoms with Crippen LogP contribution in [0.15, 0.2) is 54.6 Å². The van der Waals surface area contributed by atoms with Gasteiger partial charge in [0, 0.05) is 24.3 Å². The van der Waals surface area contributed by atoms with Crippen molar-refractivity contribution in [1.29, 1.82) is 0 Å². The molecule has 35 heavy (non-hydrogen) atoms. The summed E-state index contributed by atoms with van der Waals surface area (Å²) in [5, 5.41) is 11.1. The van der Waals surface area contributed by atoms with Crippen molar-refractivity contribution in [3.05, 3.63) is 71.8 Å². The average molecular weight is 593 g/mol. The van der Waals surface area contributed by atoms with E-state index in [0.717, 1.165) is 41.3 Å². The van der Waals surface area contributed by atoms with E-state index in [9.17, 15) is 5.11 Å². The molecule has 0 amide bonds. The standard InChI is InChI=1S/C25H28NO.C4H8O.2ClH.Zr/c1-24(2,3)18-15-19(23(27)20(16-18)25(4,5)6)22-14-10-13-21(26-22)17-11-8-7-9-12-17;1-2-4-5-3-1;;;/h7-11,13-16,27H,1-6H3;1-4H2;2*1H;/q-1;;;;+2/p-2. The van der Waals surface area contributed by atoms with Crippen LogP contribution in [0.1, 0.15) is 65.5 Å². The van der Waals surface area contributed by atoms with Gasteiger partial charge in [0.1, 0.15) is 5.75 Å². The molecule has 2 aromatic carbocycles. The normalized spacial score (nSPS) is 13.3. The van der Waals surface area contributed by atoms with Crippen molar-refractivity contribution < 1.29 is 30.7 Å². The van der Waals surface area contributed by atoms with Gasteiger partial charge < -0.3 is 9.84 Å². The minimum atomic E-state index is -0.826. The molecule has 3 aromatic rings. The number of hydrogen-bond acceptors (Lipinski definition) is 3. The number of benzene rings is 2. The fourth-order valence-electron chi connectivity index (χ4n) is 3.63. The van der Waals surface area contributed by atoms with Crippen LogP contribution in [-0.2, 0) is 36.4 Å². The first kappa shape index (κ1) is 30.0. The predicted octanol–water partition coefficient (Wildman–Crippen LogP) is 8.69. The van der Waals surface area contributed by atoms with Gasteiger partial charge in [-0.2, -0.15) is 0 Å². The first-order valence-electron chi connectivity index (χ1n) is 11.9. The molecule has 4 rings (SSSR count). The summed E-state index contributed by atoms with van der Waals surface area (Å²) in [5.41, 5.74) is 5.32. The van der Waals surface area contributed by atoms with E-state index in [1.165, 1.54) is 18.4 Å². The molecule has 1 N–H and O–H groups in total. The summed E-state index contributed by atoms with van der Waals surface area (Å²) in [6.45, 7) is 15.0. The van der Waals surface area contributed by atoms with Gasteiger partial charge in [0.05, 0.1) is 5.69 Å². The van der Waals surface area contributed by atoms with Crippen LogP contribution >= 0.6 is 17.0 Å². The number of halogens is 2. The number of aromatic nitrogens is 1. The third-order valence-corrected chi connectivity index (χ3v) is 5.62. The quantitative estimate of drug-likeness (QED) is 0.303. The molecule has 3 nitrogen and oxygen atoms in total. The van der Waals surface area contributed by atoms with Crippen molar-refractivity contribution in [1.82, 2.24) is 4.98 Å². The molecule has 0 unspecified atom stereocenters. The van der Waals surface area contributed by atoms with Crippen LogP contribution in [0.5, 0.6) is 5.75 Å². The molecule has 0 bridgehead atoms. The van der Waals surface area contributed by atoms with Crippen LogP contribution in [0.2, 0.25) is 0 Å². The van der Waals surface area contributed by atoms with Crippen LogP contribution in [0.3, 0.4) is 0 Å². The number of hydrogen-bond donors (Lipinski definition) is 1. The Hall–Kier alpha value is -1.19. The third kappa shape index (κ3) is 9.32. The van der Waals surface area contributed by atoms with Gasteiger partial charge in [-0.05, 0) is 47.1 Å². The first-order chi connectivity index (χ1) is 16.5. The Morgan fingerprint density at radius 2 is 1.51 bits per heavy atom. The second-order valence-electron chi connectivity index (χ2n) is 10.5. The van der Waals surface area contributed by atoms with Crippen molar-refractivity contribution in [2.75, 3.05) is 13.2 Å². The fraction of sp³-hybridized carbons (Fsp3) is 0.414. The fourth-order valence-corrected chi connectivity index (χ4v) is 3.63. The Balaban J connectivity index is 0.000000462. The molecule has 1 fully saturated rings. The summed E-state index contributed by atoms with van der Waals surface area (Å²) < 4.78 is 4.94. The minimum absolute atomic E-state index is 0.0206. The van der Waals surface area contributed by atoms with E-state index in [2.05, 4.69) is 59.7 Å². The number of phenolic OH excluding ortho intramolecular Hbond substituents is 1. The summed E-state index contributed by atoms with van der Waals surface area (Å²) in [6, 6.07) is 21.2. The van der Waals surface area contributed by atoms with E-state index >= 15 is 0 Å². The Morgan fingerprint density at radius 1 is 0.886 bits per heavy atom. The molecular weight excluding hydrogens is 556 g/mol. The Morgan fingerprint density at radius 3 is 2.00 bits per heavy atom. The molecule has 0 aliphatic carbocycles. The van der Waals surface area contributed by atoms with Gasteiger partial charge in [0.15, 0.2) is 0 Å². The average Bonchev–Trinajstić information content (AvgIpc) is 3.39. The van der Waals surface area contributed by atoms with Crippen LogP contribution in [0, 0.1) is 6.07 Å². The van der Waals surface area contributed by atoms with Gasteiger partial charge >= 0.3 is 37.9 Å². The molecule has 0 saturated carbocycles. The molecule has 1 aliphatic heterocycles. The van der Waals surface area contributed by atoms with Gasteiger partial charge in [-0.3, -0.25) is 4.98 Å². The Kier molecular flexibility index (Phi) is 12.0. The Bertz CT molecular complexity index is 1050. The van der Waals surface area contributed by atoms with Crippen molar-refractivity contribution >= 4 is 17.0 Å². The topological polar surface area (TPSA) is 42.4 Å². The van der Waals surface area contributed by atoms with E-state index in [-0.39, 0.29) is 10.8 Å². The van der Waals surface area contributed by atoms with Gasteiger partial charge in [-0.25, -0.2) is 0 Å². The van der Waals surface area contributed by atoms with Crippen molar-refractivity contribution in [3.63, 3.8) is 0 Å². The summed E-state index contributed by atoms with van der Waals surface area (Å²) >= 11 is -0.826. The number of phenols is 1. The molecule has 1 saturated heterocycles. The molecule has 188 valence electrons. The van der Waals surface area contributed by atoms with E-state index in [1.54, 1.807) is 0 Å². The maximum absolute atomic E-state index is 11.1. The van der Waals surface area contributed by atoms with Crippen LogP contribution in [0.25, 0.3) is 22.5 Å². The summed E-state index contributed by atoms with van der Waals surface area (Å²) in [7, 11) is 9.87. The zero-order valence-electron chi connectivity index (χ0n) is 21.6. The van der Waals surface area contributed by atoms with Gasteiger partial charge in [-0.15, -0.1) is 35.9 Å². The van der Waals surface area contributed by atoms with Gasteiger partial charge in [0.2, 0.25) is 0 Å². The monoisotopic (exact) mass is 590 g/mol. The van der Waals surface area contributed by atoms with Crippen molar-refractivity contribution in [3.8, 4) is 28.3 Å². The van der Waals surface area contributed by atoms with E-state index < -0.39 is 20.8 Å². The van der Waals surface area contributed by atoms with E-state index in [0.29, 0.717) is 5.75 Å². The molecule has 1 aromatic heterocycles. The molecule has 1 aliphatic rings. The maximum atomic E-state index is 11.1. The van der Waals surface area contributed by atoms with Gasteiger partial charge in [0.25, 0.3) is 0 Å². The molecule has 6 heteroatoms. The second-order valence-corrected chi connectivity index (χ2v) is 14.2. The molecule has 0 spiro atoms. The predicted molar refractivity (Wildman–Crippen MR) is 145 cm³/mol. The first-order valence-corrected chi connectivity index (χ1v) is 18.2. The third-order valence-electron chi connectivity index (χ3n) is 5.62. The number of nitrogens with zero attached hydrogens (tertiary/aromatic N) is 1. The number of ether oxygens (including phenoxy) is 1. The summed E-state index contributed by atoms with van der Waals surface area (Å²) in [6.07, 6.45) is 2.56. The van der Waals surface area contributed by atoms with E-state index in [1.807, 2.05) is 42.5 Å². The number of rotatable bonds is 2. The number of aromatic hydroxyl groups is 1. The summed E-state index contributed by atoms with van der Waals surface area (Å²) in [4.78, 5) is 4.83.